The van der Waals surface area contributed by atoms with Crippen molar-refractivity contribution in [2.24, 2.45) is 35.5 Å². The minimum atomic E-state index is -0.0294. The van der Waals surface area contributed by atoms with Crippen LogP contribution in [0.25, 0.3) is 0 Å². The summed E-state index contributed by atoms with van der Waals surface area (Å²) >= 11 is 0. The van der Waals surface area contributed by atoms with E-state index in [1.54, 1.807) is 0 Å². The van der Waals surface area contributed by atoms with E-state index in [0.717, 1.165) is 25.8 Å². The minimum Gasteiger partial charge on any atom is -0.462 e. The van der Waals surface area contributed by atoms with Gasteiger partial charge in [0, 0.05) is 23.9 Å². The summed E-state index contributed by atoms with van der Waals surface area (Å²) in [5, 5.41) is 0. The second-order valence-corrected chi connectivity index (χ2v) is 9.81. The molecule has 0 aromatic rings. The quantitative estimate of drug-likeness (QED) is 0.695. The molecule has 5 heteroatoms. The Labute approximate surface area is 162 Å². The van der Waals surface area contributed by atoms with Crippen LogP contribution in [-0.4, -0.2) is 47.7 Å². The van der Waals surface area contributed by atoms with Gasteiger partial charge in [0.05, 0.1) is 11.8 Å². The number of fused-ring (bicyclic) bond motifs is 2. The first-order chi connectivity index (χ1) is 13.0. The van der Waals surface area contributed by atoms with Gasteiger partial charge in [-0.1, -0.05) is 27.2 Å². The summed E-state index contributed by atoms with van der Waals surface area (Å²) in [6.45, 7) is 7.44. The molecule has 5 fully saturated rings. The van der Waals surface area contributed by atoms with Crippen LogP contribution in [0.2, 0.25) is 0 Å². The fourth-order valence-corrected chi connectivity index (χ4v) is 7.48. The van der Waals surface area contributed by atoms with Crippen LogP contribution in [0, 0.1) is 35.5 Å². The van der Waals surface area contributed by atoms with Crippen molar-refractivity contribution in [3.05, 3.63) is 0 Å². The van der Waals surface area contributed by atoms with Crippen molar-refractivity contribution in [1.29, 1.82) is 0 Å². The number of nitrogens with zero attached hydrogens (tertiary/aromatic N) is 1. The van der Waals surface area contributed by atoms with Crippen molar-refractivity contribution in [2.75, 3.05) is 6.54 Å². The minimum absolute atomic E-state index is 0.00362. The molecule has 5 nitrogen and oxygen atoms in total. The Kier molecular flexibility index (Phi) is 4.30. The maximum atomic E-state index is 12.5. The average Bonchev–Trinajstić information content (AvgIpc) is 3.20. The van der Waals surface area contributed by atoms with E-state index in [-0.39, 0.29) is 36.0 Å². The van der Waals surface area contributed by atoms with Crippen LogP contribution in [0.1, 0.15) is 59.3 Å². The fourth-order valence-electron chi connectivity index (χ4n) is 7.48. The molecule has 0 N–H and O–H groups in total. The van der Waals surface area contributed by atoms with Gasteiger partial charge in [-0.3, -0.25) is 14.5 Å². The Hall–Kier alpha value is -1.10. The maximum absolute atomic E-state index is 12.5. The van der Waals surface area contributed by atoms with E-state index < -0.39 is 0 Å². The largest absolute Gasteiger partial charge is 0.462 e. The van der Waals surface area contributed by atoms with Gasteiger partial charge >= 0.3 is 11.9 Å². The van der Waals surface area contributed by atoms with E-state index >= 15 is 0 Å². The molecule has 0 amide bonds. The van der Waals surface area contributed by atoms with Crippen LogP contribution in [-0.2, 0) is 19.1 Å². The molecule has 4 aliphatic heterocycles. The molecule has 1 saturated carbocycles. The maximum Gasteiger partial charge on any atom is 0.309 e. The Morgan fingerprint density at radius 2 is 1.85 bits per heavy atom. The van der Waals surface area contributed by atoms with E-state index in [4.69, 9.17) is 9.47 Å². The van der Waals surface area contributed by atoms with E-state index in [0.29, 0.717) is 35.8 Å². The van der Waals surface area contributed by atoms with Crippen molar-refractivity contribution in [3.8, 4) is 0 Å². The van der Waals surface area contributed by atoms with Gasteiger partial charge in [-0.15, -0.1) is 0 Å². The summed E-state index contributed by atoms with van der Waals surface area (Å²) < 4.78 is 11.8. The third kappa shape index (κ3) is 2.53. The van der Waals surface area contributed by atoms with Gasteiger partial charge in [0.1, 0.15) is 12.2 Å². The van der Waals surface area contributed by atoms with Crippen molar-refractivity contribution in [1.82, 2.24) is 4.90 Å². The normalized spacial score (nSPS) is 52.1. The summed E-state index contributed by atoms with van der Waals surface area (Å²) in [7, 11) is 0. The smallest absolute Gasteiger partial charge is 0.309 e. The van der Waals surface area contributed by atoms with Gasteiger partial charge < -0.3 is 9.47 Å². The highest BCUT2D eigenvalue weighted by Crippen LogP contribution is 2.57. The van der Waals surface area contributed by atoms with Gasteiger partial charge in [0.2, 0.25) is 0 Å². The summed E-state index contributed by atoms with van der Waals surface area (Å²) in [6.07, 6.45) is 6.87. The third-order valence-electron chi connectivity index (χ3n) is 8.61. The molecule has 0 aromatic carbocycles. The molecule has 27 heavy (non-hydrogen) atoms. The zero-order chi connectivity index (χ0) is 18.9. The van der Waals surface area contributed by atoms with Crippen LogP contribution < -0.4 is 0 Å². The van der Waals surface area contributed by atoms with Gasteiger partial charge in [-0.05, 0) is 50.5 Å². The summed E-state index contributed by atoms with van der Waals surface area (Å²) in [4.78, 5) is 27.3. The molecule has 0 spiro atoms. The number of ether oxygens (including phenoxy) is 2. The Balaban J connectivity index is 1.51. The molecule has 1 aliphatic carbocycles. The van der Waals surface area contributed by atoms with Crippen molar-refractivity contribution in [2.45, 2.75) is 83.6 Å². The second kappa shape index (κ2) is 6.47. The van der Waals surface area contributed by atoms with E-state index in [9.17, 15) is 9.59 Å². The molecular weight excluding hydrogens is 342 g/mol. The van der Waals surface area contributed by atoms with Crippen molar-refractivity contribution in [3.63, 3.8) is 0 Å². The lowest BCUT2D eigenvalue weighted by atomic mass is 9.60. The van der Waals surface area contributed by atoms with E-state index in [1.807, 2.05) is 6.92 Å². The lowest BCUT2D eigenvalue weighted by Gasteiger charge is -2.48. The van der Waals surface area contributed by atoms with Gasteiger partial charge in [-0.2, -0.15) is 0 Å². The van der Waals surface area contributed by atoms with E-state index in [2.05, 4.69) is 18.7 Å². The zero-order valence-electron chi connectivity index (χ0n) is 16.8. The predicted octanol–water partition coefficient (Wildman–Crippen LogP) is 3.01. The highest BCUT2D eigenvalue weighted by atomic mass is 16.6. The Morgan fingerprint density at radius 3 is 2.56 bits per heavy atom. The summed E-state index contributed by atoms with van der Waals surface area (Å²) in [5.41, 5.74) is 0. The Bertz CT molecular complexity index is 636. The van der Waals surface area contributed by atoms with Gasteiger partial charge in [-0.25, -0.2) is 0 Å². The fraction of sp³-hybridized carbons (Fsp3) is 0.909. The van der Waals surface area contributed by atoms with Gasteiger partial charge in [0.15, 0.2) is 0 Å². The van der Waals surface area contributed by atoms with Crippen LogP contribution in [0.5, 0.6) is 0 Å². The number of esters is 2. The molecule has 5 aliphatic rings. The lowest BCUT2D eigenvalue weighted by molar-refractivity contribution is -0.148. The summed E-state index contributed by atoms with van der Waals surface area (Å²) in [6, 6.07) is 0.865. The van der Waals surface area contributed by atoms with Crippen LogP contribution in [0.3, 0.4) is 0 Å². The van der Waals surface area contributed by atoms with Crippen LogP contribution in [0.15, 0.2) is 0 Å². The third-order valence-corrected chi connectivity index (χ3v) is 8.61. The number of cyclic esters (lactones) is 1. The van der Waals surface area contributed by atoms with Crippen LogP contribution in [0.4, 0.5) is 0 Å². The Morgan fingerprint density at radius 1 is 1.04 bits per heavy atom. The highest BCUT2D eigenvalue weighted by molar-refractivity contribution is 5.75. The van der Waals surface area contributed by atoms with Gasteiger partial charge in [0.25, 0.3) is 0 Å². The molecule has 10 atom stereocenters. The van der Waals surface area contributed by atoms with Crippen molar-refractivity contribution >= 4 is 11.9 Å². The van der Waals surface area contributed by atoms with Crippen LogP contribution >= 0.6 is 0 Å². The van der Waals surface area contributed by atoms with E-state index in [1.165, 1.54) is 19.3 Å². The molecular formula is C22H33NO4. The molecule has 4 heterocycles. The number of carbonyl (C=O) groups excluding carboxylic acids is 2. The molecule has 5 rings (SSSR count). The SMILES string of the molecule is CC[C@@H]1[C@H]2CCCCN3[C@H]2[C@@H](C[C@H]3[C@@H]2C[C@H](C)C(=O)O2)[C@H]2[C@@H]1OC(=O)[C@H]2C. The molecule has 0 unspecified atom stereocenters. The molecule has 150 valence electrons. The average molecular weight is 376 g/mol. The first-order valence-electron chi connectivity index (χ1n) is 11.2. The molecule has 0 bridgehead atoms. The predicted molar refractivity (Wildman–Crippen MR) is 99.7 cm³/mol. The highest BCUT2D eigenvalue weighted by Gasteiger charge is 2.63. The second-order valence-electron chi connectivity index (χ2n) is 9.81. The number of hydrogen-bond acceptors (Lipinski definition) is 5. The van der Waals surface area contributed by atoms with Crippen molar-refractivity contribution < 1.29 is 19.1 Å². The zero-order valence-corrected chi connectivity index (χ0v) is 16.8. The lowest BCUT2D eigenvalue weighted by Crippen LogP contribution is -2.54. The standard InChI is InChI=1S/C22H33NO4/c1-4-13-14-7-5-6-8-23-16(17-9-11(2)21(24)26-17)10-15(19(14)23)18-12(3)22(25)27-20(13)18/h11-20H,4-10H2,1-3H3/t11-,12-,13+,14+,15-,16-,17-,18-,19+,20+/m0/s1. The molecule has 4 saturated heterocycles. The first-order valence-corrected chi connectivity index (χ1v) is 11.2. The number of hydrogen-bond donors (Lipinski definition) is 0. The number of carbonyl (C=O) groups is 2. The summed E-state index contributed by atoms with van der Waals surface area (Å²) in [5.74, 6) is 1.94. The topological polar surface area (TPSA) is 55.8 Å². The molecule has 0 radical (unpaired) electrons. The monoisotopic (exact) mass is 375 g/mol. The molecule has 0 aromatic heterocycles. The number of rotatable bonds is 2. The first kappa shape index (κ1) is 18.0.